The van der Waals surface area contributed by atoms with Crippen molar-refractivity contribution in [3.63, 3.8) is 0 Å². The lowest BCUT2D eigenvalue weighted by atomic mass is 9.79. The summed E-state index contributed by atoms with van der Waals surface area (Å²) in [5, 5.41) is 4.42. The number of benzene rings is 1. The maximum Gasteiger partial charge on any atom is 0.234 e. The fourth-order valence-corrected chi connectivity index (χ4v) is 4.89. The van der Waals surface area contributed by atoms with Gasteiger partial charge in [-0.2, -0.15) is 0 Å². The van der Waals surface area contributed by atoms with Gasteiger partial charge in [-0.05, 0) is 45.1 Å². The first kappa shape index (κ1) is 14.9. The normalized spacial score (nSPS) is 22.2. The van der Waals surface area contributed by atoms with Gasteiger partial charge < -0.3 is 0 Å². The summed E-state index contributed by atoms with van der Waals surface area (Å²) in [5.41, 5.74) is 0.916. The zero-order chi connectivity index (χ0) is 15.0. The van der Waals surface area contributed by atoms with Gasteiger partial charge in [-0.3, -0.25) is 14.9 Å². The molecule has 0 saturated carbocycles. The summed E-state index contributed by atoms with van der Waals surface area (Å²) in [7, 11) is 0. The summed E-state index contributed by atoms with van der Waals surface area (Å²) < 4.78 is 1.88. The molecule has 1 aliphatic heterocycles. The molecular weight excluding hydrogens is 418 g/mol. The molecule has 0 bridgehead atoms. The molecule has 0 radical (unpaired) electrons. The molecule has 2 amide bonds. The van der Waals surface area contributed by atoms with Crippen molar-refractivity contribution in [1.82, 2.24) is 5.32 Å². The van der Waals surface area contributed by atoms with Gasteiger partial charge in [-0.25, -0.2) is 0 Å². The minimum absolute atomic E-state index is 0.130. The molecule has 3 rings (SSSR count). The van der Waals surface area contributed by atoms with Gasteiger partial charge in [0.05, 0.1) is 5.92 Å². The van der Waals surface area contributed by atoms with E-state index in [9.17, 15) is 9.59 Å². The maximum absolute atomic E-state index is 12.4. The van der Waals surface area contributed by atoms with Crippen LogP contribution in [0.1, 0.15) is 28.7 Å². The molecule has 108 valence electrons. The van der Waals surface area contributed by atoms with Crippen LogP contribution in [-0.2, 0) is 9.59 Å². The second-order valence-corrected chi connectivity index (χ2v) is 7.61. The Morgan fingerprint density at radius 1 is 1.19 bits per heavy atom. The Balaban J connectivity index is 2.07. The Morgan fingerprint density at radius 2 is 2.00 bits per heavy atom. The Labute approximate surface area is 143 Å². The van der Waals surface area contributed by atoms with Gasteiger partial charge in [0.1, 0.15) is 0 Å². The van der Waals surface area contributed by atoms with Gasteiger partial charge in [-0.1, -0.05) is 28.1 Å². The lowest BCUT2D eigenvalue weighted by molar-refractivity contribution is -0.135. The van der Waals surface area contributed by atoms with Crippen LogP contribution in [0.2, 0.25) is 0 Å². The first-order valence-electron chi connectivity index (χ1n) is 6.38. The van der Waals surface area contributed by atoms with Gasteiger partial charge in [0.25, 0.3) is 0 Å². The third-order valence-electron chi connectivity index (χ3n) is 3.54. The molecule has 1 aromatic carbocycles. The number of hydrogen-bond acceptors (Lipinski definition) is 3. The van der Waals surface area contributed by atoms with Crippen LogP contribution >= 0.6 is 43.2 Å². The summed E-state index contributed by atoms with van der Waals surface area (Å²) in [4.78, 5) is 25.2. The predicted molar refractivity (Wildman–Crippen MR) is 89.4 cm³/mol. The van der Waals surface area contributed by atoms with Crippen LogP contribution in [0.4, 0.5) is 0 Å². The van der Waals surface area contributed by atoms with E-state index in [1.165, 1.54) is 0 Å². The topological polar surface area (TPSA) is 46.2 Å². The standard InChI is InChI=1S/C15H11Br2NO2S/c16-9-3-1-2-8(6-9)13-10(7-12(19)18-15(13)20)14-11(17)4-5-21-14/h1-6,10,13H,7H2,(H,18,19,20). The average molecular weight is 429 g/mol. The molecule has 1 saturated heterocycles. The zero-order valence-electron chi connectivity index (χ0n) is 10.8. The summed E-state index contributed by atoms with van der Waals surface area (Å²) in [5.74, 6) is -0.920. The average Bonchev–Trinajstić information content (AvgIpc) is 2.84. The Bertz CT molecular complexity index is 713. The molecule has 21 heavy (non-hydrogen) atoms. The van der Waals surface area contributed by atoms with E-state index in [0.717, 1.165) is 19.4 Å². The van der Waals surface area contributed by atoms with E-state index in [1.807, 2.05) is 35.7 Å². The van der Waals surface area contributed by atoms with Crippen LogP contribution in [0.3, 0.4) is 0 Å². The molecule has 2 heterocycles. The summed E-state index contributed by atoms with van der Waals surface area (Å²) in [6.45, 7) is 0. The lowest BCUT2D eigenvalue weighted by Gasteiger charge is -2.30. The highest BCUT2D eigenvalue weighted by Gasteiger charge is 2.39. The zero-order valence-corrected chi connectivity index (χ0v) is 14.8. The van der Waals surface area contributed by atoms with Gasteiger partial charge in [-0.15, -0.1) is 11.3 Å². The van der Waals surface area contributed by atoms with Gasteiger partial charge in [0.2, 0.25) is 11.8 Å². The third-order valence-corrected chi connectivity index (χ3v) is 6.04. The smallest absolute Gasteiger partial charge is 0.234 e. The second kappa shape index (κ2) is 6.02. The number of carbonyl (C=O) groups excluding carboxylic acids is 2. The second-order valence-electron chi connectivity index (χ2n) is 4.89. The van der Waals surface area contributed by atoms with Gasteiger partial charge >= 0.3 is 0 Å². The van der Waals surface area contributed by atoms with Crippen LogP contribution in [0.25, 0.3) is 0 Å². The first-order chi connectivity index (χ1) is 10.1. The van der Waals surface area contributed by atoms with Crippen molar-refractivity contribution < 1.29 is 9.59 Å². The minimum atomic E-state index is -0.352. The number of halogens is 2. The Morgan fingerprint density at radius 3 is 2.67 bits per heavy atom. The Kier molecular flexibility index (Phi) is 4.28. The summed E-state index contributed by atoms with van der Waals surface area (Å²) in [6, 6.07) is 9.65. The number of rotatable bonds is 2. The fourth-order valence-electron chi connectivity index (χ4n) is 2.66. The molecule has 1 N–H and O–H groups in total. The Hall–Kier alpha value is -0.980. The van der Waals surface area contributed by atoms with Crippen molar-refractivity contribution in [2.24, 2.45) is 0 Å². The van der Waals surface area contributed by atoms with Crippen molar-refractivity contribution in [2.45, 2.75) is 18.3 Å². The van der Waals surface area contributed by atoms with E-state index in [1.54, 1.807) is 11.3 Å². The fraction of sp³-hybridized carbons (Fsp3) is 0.200. The number of nitrogens with one attached hydrogen (secondary N) is 1. The molecule has 1 aliphatic rings. The van der Waals surface area contributed by atoms with Crippen molar-refractivity contribution in [1.29, 1.82) is 0 Å². The van der Waals surface area contributed by atoms with E-state index in [4.69, 9.17) is 0 Å². The quantitative estimate of drug-likeness (QED) is 0.729. The molecule has 6 heteroatoms. The van der Waals surface area contributed by atoms with Crippen molar-refractivity contribution in [3.05, 3.63) is 55.1 Å². The number of imide groups is 1. The minimum Gasteiger partial charge on any atom is -0.296 e. The van der Waals surface area contributed by atoms with E-state index in [0.29, 0.717) is 6.42 Å². The van der Waals surface area contributed by atoms with E-state index in [2.05, 4.69) is 37.2 Å². The third kappa shape index (κ3) is 2.98. The van der Waals surface area contributed by atoms with Crippen LogP contribution in [0, 0.1) is 0 Å². The number of hydrogen-bond donors (Lipinski definition) is 1. The van der Waals surface area contributed by atoms with Crippen LogP contribution < -0.4 is 5.32 Å². The van der Waals surface area contributed by atoms with Gasteiger partial charge in [0.15, 0.2) is 0 Å². The van der Waals surface area contributed by atoms with E-state index >= 15 is 0 Å². The molecule has 2 unspecified atom stereocenters. The molecule has 2 atom stereocenters. The molecular formula is C15H11Br2NO2S. The first-order valence-corrected chi connectivity index (χ1v) is 8.85. The lowest BCUT2D eigenvalue weighted by Crippen LogP contribution is -2.43. The number of thiophene rings is 1. The molecule has 1 fully saturated rings. The molecule has 0 spiro atoms. The monoisotopic (exact) mass is 427 g/mol. The molecule has 1 aromatic heterocycles. The van der Waals surface area contributed by atoms with Crippen molar-refractivity contribution >= 4 is 55.0 Å². The van der Waals surface area contributed by atoms with Crippen molar-refractivity contribution in [2.75, 3.05) is 0 Å². The van der Waals surface area contributed by atoms with Gasteiger partial charge in [0, 0.05) is 26.2 Å². The SMILES string of the molecule is O=C1CC(c2sccc2Br)C(c2cccc(Br)c2)C(=O)N1. The number of carbonyl (C=O) groups is 2. The summed E-state index contributed by atoms with van der Waals surface area (Å²) in [6.07, 6.45) is 0.321. The predicted octanol–water partition coefficient (Wildman–Crippen LogP) is 4.19. The van der Waals surface area contributed by atoms with Crippen molar-refractivity contribution in [3.8, 4) is 0 Å². The van der Waals surface area contributed by atoms with E-state index in [-0.39, 0.29) is 23.7 Å². The van der Waals surface area contributed by atoms with Crippen LogP contribution in [0.5, 0.6) is 0 Å². The number of amides is 2. The molecule has 3 nitrogen and oxygen atoms in total. The van der Waals surface area contributed by atoms with E-state index < -0.39 is 0 Å². The summed E-state index contributed by atoms with van der Waals surface area (Å²) >= 11 is 8.52. The highest BCUT2D eigenvalue weighted by Crippen LogP contribution is 2.43. The molecule has 0 aliphatic carbocycles. The highest BCUT2D eigenvalue weighted by atomic mass is 79.9. The van der Waals surface area contributed by atoms with Crippen LogP contribution in [0.15, 0.2) is 44.7 Å². The van der Waals surface area contributed by atoms with Crippen LogP contribution in [-0.4, -0.2) is 11.8 Å². The highest BCUT2D eigenvalue weighted by molar-refractivity contribution is 9.10. The largest absolute Gasteiger partial charge is 0.296 e. The number of piperidine rings is 1. The maximum atomic E-state index is 12.4. The molecule has 2 aromatic rings.